The van der Waals surface area contributed by atoms with Crippen LogP contribution in [0.25, 0.3) is 0 Å². The second-order valence-corrected chi connectivity index (χ2v) is 6.76. The molecule has 2 heterocycles. The fourth-order valence-corrected chi connectivity index (χ4v) is 3.33. The molecule has 1 aromatic heterocycles. The molecule has 4 rings (SSSR count). The van der Waals surface area contributed by atoms with Gasteiger partial charge in [0.15, 0.2) is 0 Å². The number of rotatable bonds is 4. The van der Waals surface area contributed by atoms with Crippen molar-refractivity contribution in [1.82, 2.24) is 9.97 Å². The van der Waals surface area contributed by atoms with Crippen LogP contribution in [-0.4, -0.2) is 36.1 Å². The van der Waals surface area contributed by atoms with E-state index < -0.39 is 0 Å². The summed E-state index contributed by atoms with van der Waals surface area (Å²) in [6, 6.07) is 14.9. The molecule has 1 N–H and O–H groups in total. The van der Waals surface area contributed by atoms with Crippen LogP contribution >= 0.6 is 0 Å². The van der Waals surface area contributed by atoms with Crippen LogP contribution in [0.4, 0.5) is 31.9 Å². The molecule has 0 bridgehead atoms. The Morgan fingerprint density at radius 1 is 0.857 bits per heavy atom. The summed E-state index contributed by atoms with van der Waals surface area (Å²) >= 11 is 0. The first kappa shape index (κ1) is 18.2. The molecule has 144 valence electrons. The second-order valence-electron chi connectivity index (χ2n) is 6.76. The van der Waals surface area contributed by atoms with Crippen molar-refractivity contribution in [1.29, 1.82) is 0 Å². The van der Waals surface area contributed by atoms with Crippen molar-refractivity contribution in [2.75, 3.05) is 41.3 Å². The van der Waals surface area contributed by atoms with Crippen molar-refractivity contribution in [2.24, 2.45) is 0 Å². The lowest BCUT2D eigenvalue weighted by molar-refractivity contribution is 0.594. The van der Waals surface area contributed by atoms with Gasteiger partial charge in [-0.25, -0.2) is 13.8 Å². The lowest BCUT2D eigenvalue weighted by Gasteiger charge is -2.36. The third-order valence-corrected chi connectivity index (χ3v) is 4.70. The molecule has 7 heteroatoms. The van der Waals surface area contributed by atoms with Crippen molar-refractivity contribution in [2.45, 2.75) is 6.92 Å². The van der Waals surface area contributed by atoms with Gasteiger partial charge in [-0.3, -0.25) is 0 Å². The minimum Gasteiger partial charge on any atom is -0.366 e. The fourth-order valence-electron chi connectivity index (χ4n) is 3.33. The van der Waals surface area contributed by atoms with Crippen molar-refractivity contribution in [3.63, 3.8) is 0 Å². The predicted molar refractivity (Wildman–Crippen MR) is 107 cm³/mol. The van der Waals surface area contributed by atoms with E-state index in [1.54, 1.807) is 24.3 Å². The molecule has 0 radical (unpaired) electrons. The Morgan fingerprint density at radius 2 is 1.61 bits per heavy atom. The van der Waals surface area contributed by atoms with Crippen LogP contribution in [0.3, 0.4) is 0 Å². The minimum absolute atomic E-state index is 0.204. The summed E-state index contributed by atoms with van der Waals surface area (Å²) in [6.07, 6.45) is 0. The summed E-state index contributed by atoms with van der Waals surface area (Å²) in [4.78, 5) is 13.2. The molecule has 1 aliphatic rings. The number of halogens is 2. The fraction of sp³-hybridized carbons (Fsp3) is 0.238. The van der Waals surface area contributed by atoms with Crippen LogP contribution in [0.15, 0.2) is 54.6 Å². The van der Waals surface area contributed by atoms with Crippen molar-refractivity contribution in [3.8, 4) is 0 Å². The third kappa shape index (κ3) is 4.03. The van der Waals surface area contributed by atoms with Crippen molar-refractivity contribution in [3.05, 3.63) is 71.9 Å². The number of nitrogens with zero attached hydrogens (tertiary/aromatic N) is 4. The normalized spacial score (nSPS) is 14.2. The Hall–Kier alpha value is -3.22. The number of aryl methyl sites for hydroxylation is 1. The molecule has 0 spiro atoms. The van der Waals surface area contributed by atoms with Crippen molar-refractivity contribution < 1.29 is 8.78 Å². The Bertz CT molecular complexity index is 971. The van der Waals surface area contributed by atoms with E-state index in [4.69, 9.17) is 0 Å². The molecule has 1 aliphatic heterocycles. The number of para-hydroxylation sites is 1. The Kier molecular flexibility index (Phi) is 5.06. The van der Waals surface area contributed by atoms with E-state index in [0.717, 1.165) is 5.69 Å². The van der Waals surface area contributed by atoms with Gasteiger partial charge >= 0.3 is 0 Å². The number of hydrogen-bond donors (Lipinski definition) is 1. The van der Waals surface area contributed by atoms with Gasteiger partial charge in [0.25, 0.3) is 0 Å². The largest absolute Gasteiger partial charge is 0.366 e. The maximum atomic E-state index is 14.0. The molecule has 5 nitrogen and oxygen atoms in total. The standard InChI is InChI=1S/C21H21F2N5/c1-15-13-20(25-17-6-4-5-16(22)14-17)26-21(24-15)28-11-9-27(10-12-28)19-8-3-2-7-18(19)23/h2-8,13-14H,9-12H2,1H3,(H,24,25,26). The van der Waals surface area contributed by atoms with Gasteiger partial charge in [-0.05, 0) is 37.3 Å². The zero-order valence-corrected chi connectivity index (χ0v) is 15.6. The van der Waals surface area contributed by atoms with Gasteiger partial charge in [0.05, 0.1) is 5.69 Å². The Balaban J connectivity index is 1.48. The zero-order chi connectivity index (χ0) is 19.5. The van der Waals surface area contributed by atoms with E-state index in [-0.39, 0.29) is 11.6 Å². The summed E-state index contributed by atoms with van der Waals surface area (Å²) in [7, 11) is 0. The summed E-state index contributed by atoms with van der Waals surface area (Å²) in [5.74, 6) is 0.723. The highest BCUT2D eigenvalue weighted by atomic mass is 19.1. The van der Waals surface area contributed by atoms with Crippen LogP contribution in [0.1, 0.15) is 5.69 Å². The van der Waals surface area contributed by atoms with Gasteiger partial charge in [-0.2, -0.15) is 4.98 Å². The van der Waals surface area contributed by atoms with E-state index in [1.807, 2.05) is 24.0 Å². The van der Waals surface area contributed by atoms with Gasteiger partial charge in [-0.1, -0.05) is 18.2 Å². The number of benzene rings is 2. The van der Waals surface area contributed by atoms with E-state index in [9.17, 15) is 8.78 Å². The quantitative estimate of drug-likeness (QED) is 0.736. The first-order valence-corrected chi connectivity index (χ1v) is 9.21. The summed E-state index contributed by atoms with van der Waals surface area (Å²) < 4.78 is 27.4. The maximum absolute atomic E-state index is 14.0. The monoisotopic (exact) mass is 381 g/mol. The molecule has 0 aliphatic carbocycles. The maximum Gasteiger partial charge on any atom is 0.227 e. The van der Waals surface area contributed by atoms with Gasteiger partial charge in [0.2, 0.25) is 5.95 Å². The minimum atomic E-state index is -0.305. The molecule has 0 atom stereocenters. The highest BCUT2D eigenvalue weighted by molar-refractivity contribution is 5.58. The number of hydrogen-bond acceptors (Lipinski definition) is 5. The number of piperazine rings is 1. The SMILES string of the molecule is Cc1cc(Nc2cccc(F)c2)nc(N2CCN(c3ccccc3F)CC2)n1. The molecule has 1 fully saturated rings. The molecular formula is C21H21F2N5. The van der Waals surface area contributed by atoms with Gasteiger partial charge in [0.1, 0.15) is 17.5 Å². The molecule has 2 aromatic carbocycles. The average molecular weight is 381 g/mol. The summed E-state index contributed by atoms with van der Waals surface area (Å²) in [6.45, 7) is 4.65. The van der Waals surface area contributed by atoms with Crippen molar-refractivity contribution >= 4 is 23.1 Å². The Morgan fingerprint density at radius 3 is 2.36 bits per heavy atom. The van der Waals surface area contributed by atoms with Crippen LogP contribution in [-0.2, 0) is 0 Å². The highest BCUT2D eigenvalue weighted by Gasteiger charge is 2.21. The number of aromatic nitrogens is 2. The summed E-state index contributed by atoms with van der Waals surface area (Å²) in [5.41, 5.74) is 2.08. The van der Waals surface area contributed by atoms with E-state index in [1.165, 1.54) is 18.2 Å². The van der Waals surface area contributed by atoms with Crippen LogP contribution in [0.5, 0.6) is 0 Å². The lowest BCUT2D eigenvalue weighted by atomic mass is 10.2. The third-order valence-electron chi connectivity index (χ3n) is 4.70. The first-order valence-electron chi connectivity index (χ1n) is 9.21. The van der Waals surface area contributed by atoms with Gasteiger partial charge in [-0.15, -0.1) is 0 Å². The summed E-state index contributed by atoms with van der Waals surface area (Å²) in [5, 5.41) is 3.13. The lowest BCUT2D eigenvalue weighted by Crippen LogP contribution is -2.47. The first-order chi connectivity index (χ1) is 13.6. The highest BCUT2D eigenvalue weighted by Crippen LogP contribution is 2.23. The molecule has 1 saturated heterocycles. The molecule has 0 unspecified atom stereocenters. The van der Waals surface area contributed by atoms with E-state index >= 15 is 0 Å². The van der Waals surface area contributed by atoms with E-state index in [0.29, 0.717) is 49.3 Å². The van der Waals surface area contributed by atoms with Crippen LogP contribution in [0, 0.1) is 18.6 Å². The molecular weight excluding hydrogens is 360 g/mol. The van der Waals surface area contributed by atoms with Gasteiger partial charge in [0, 0.05) is 43.6 Å². The molecule has 0 amide bonds. The Labute approximate surface area is 162 Å². The second kappa shape index (κ2) is 7.80. The van der Waals surface area contributed by atoms with Crippen LogP contribution < -0.4 is 15.1 Å². The number of anilines is 4. The molecule has 3 aromatic rings. The molecule has 28 heavy (non-hydrogen) atoms. The topological polar surface area (TPSA) is 44.3 Å². The number of nitrogens with one attached hydrogen (secondary N) is 1. The molecule has 0 saturated carbocycles. The van der Waals surface area contributed by atoms with E-state index in [2.05, 4.69) is 20.2 Å². The predicted octanol–water partition coefficient (Wildman–Crippen LogP) is 4.13. The van der Waals surface area contributed by atoms with Crippen LogP contribution in [0.2, 0.25) is 0 Å². The smallest absolute Gasteiger partial charge is 0.227 e. The average Bonchev–Trinajstić information content (AvgIpc) is 2.68. The van der Waals surface area contributed by atoms with Gasteiger partial charge < -0.3 is 15.1 Å². The zero-order valence-electron chi connectivity index (χ0n) is 15.6.